The molecule has 0 aliphatic carbocycles. The predicted molar refractivity (Wildman–Crippen MR) is 78.1 cm³/mol. The summed E-state index contributed by atoms with van der Waals surface area (Å²) in [6.07, 6.45) is -0.230. The number of aliphatic hydroxyl groups is 1. The molecule has 0 aliphatic rings. The third-order valence-electron chi connectivity index (χ3n) is 2.99. The number of amides is 2. The van der Waals surface area contributed by atoms with E-state index in [0.29, 0.717) is 6.42 Å². The van der Waals surface area contributed by atoms with Crippen molar-refractivity contribution < 1.29 is 19.1 Å². The van der Waals surface area contributed by atoms with Gasteiger partial charge in [-0.25, -0.2) is 4.39 Å². The molecule has 1 rings (SSSR count). The minimum Gasteiger partial charge on any atom is -0.393 e. The zero-order valence-electron chi connectivity index (χ0n) is 12.4. The van der Waals surface area contributed by atoms with Gasteiger partial charge in [0.15, 0.2) is 0 Å². The Morgan fingerprint density at radius 2 is 1.95 bits per heavy atom. The van der Waals surface area contributed by atoms with Crippen LogP contribution < -0.4 is 10.6 Å². The minimum absolute atomic E-state index is 0.188. The highest BCUT2D eigenvalue weighted by atomic mass is 19.1. The maximum atomic E-state index is 12.9. The molecule has 3 N–H and O–H groups in total. The van der Waals surface area contributed by atoms with Gasteiger partial charge in [0.05, 0.1) is 6.10 Å². The fraction of sp³-hybridized carbons (Fsp3) is 0.467. The molecule has 0 saturated carbocycles. The summed E-state index contributed by atoms with van der Waals surface area (Å²) in [6.45, 7) is 5.84. The first-order valence-corrected chi connectivity index (χ1v) is 6.73. The van der Waals surface area contributed by atoms with Gasteiger partial charge in [-0.3, -0.25) is 9.59 Å². The van der Waals surface area contributed by atoms with Gasteiger partial charge in [0.25, 0.3) is 0 Å². The van der Waals surface area contributed by atoms with E-state index >= 15 is 0 Å². The van der Waals surface area contributed by atoms with E-state index in [0.717, 1.165) is 6.07 Å². The van der Waals surface area contributed by atoms with Crippen molar-refractivity contribution in [1.82, 2.24) is 5.32 Å². The van der Waals surface area contributed by atoms with E-state index in [4.69, 9.17) is 0 Å². The monoisotopic (exact) mass is 296 g/mol. The van der Waals surface area contributed by atoms with Crippen LogP contribution in [-0.2, 0) is 9.59 Å². The van der Waals surface area contributed by atoms with Crippen molar-refractivity contribution in [1.29, 1.82) is 0 Å². The Hall–Kier alpha value is -1.95. The molecule has 0 radical (unpaired) electrons. The summed E-state index contributed by atoms with van der Waals surface area (Å²) in [7, 11) is 0. The number of aliphatic hydroxyl groups excluding tert-OH is 1. The molecule has 6 heteroatoms. The molecule has 0 aromatic heterocycles. The Morgan fingerprint density at radius 1 is 1.29 bits per heavy atom. The maximum absolute atomic E-state index is 12.9. The van der Waals surface area contributed by atoms with Crippen LogP contribution in [0.1, 0.15) is 27.2 Å². The SMILES string of the molecule is CC(C)(C)C(O)CCNC(=O)C(=O)Nc1cccc(F)c1. The molecule has 1 atom stereocenters. The molecule has 1 unspecified atom stereocenters. The number of hydrogen-bond acceptors (Lipinski definition) is 3. The summed E-state index contributed by atoms with van der Waals surface area (Å²) in [5, 5.41) is 14.5. The summed E-state index contributed by atoms with van der Waals surface area (Å²) < 4.78 is 12.9. The van der Waals surface area contributed by atoms with E-state index in [1.165, 1.54) is 18.2 Å². The summed E-state index contributed by atoms with van der Waals surface area (Å²) in [6, 6.07) is 5.28. The van der Waals surface area contributed by atoms with Crippen LogP contribution in [-0.4, -0.2) is 29.6 Å². The van der Waals surface area contributed by atoms with Crippen molar-refractivity contribution in [2.24, 2.45) is 5.41 Å². The molecule has 21 heavy (non-hydrogen) atoms. The first-order valence-electron chi connectivity index (χ1n) is 6.73. The van der Waals surface area contributed by atoms with E-state index in [-0.39, 0.29) is 17.6 Å². The van der Waals surface area contributed by atoms with Crippen molar-refractivity contribution >= 4 is 17.5 Å². The van der Waals surface area contributed by atoms with Crippen LogP contribution in [0.4, 0.5) is 10.1 Å². The van der Waals surface area contributed by atoms with Crippen molar-refractivity contribution in [3.63, 3.8) is 0 Å². The number of carbonyl (C=O) groups is 2. The van der Waals surface area contributed by atoms with Crippen molar-refractivity contribution in [2.75, 3.05) is 11.9 Å². The van der Waals surface area contributed by atoms with E-state index in [2.05, 4.69) is 10.6 Å². The van der Waals surface area contributed by atoms with Crippen LogP contribution in [0.25, 0.3) is 0 Å². The summed E-state index contributed by atoms with van der Waals surface area (Å²) in [5.74, 6) is -2.19. The molecule has 0 heterocycles. The van der Waals surface area contributed by atoms with Gasteiger partial charge in [0.2, 0.25) is 0 Å². The predicted octanol–water partition coefficient (Wildman–Crippen LogP) is 1.68. The highest BCUT2D eigenvalue weighted by Gasteiger charge is 2.22. The molecular formula is C15H21FN2O3. The second-order valence-corrected chi connectivity index (χ2v) is 5.89. The van der Waals surface area contributed by atoms with Gasteiger partial charge in [-0.05, 0) is 30.0 Å². The lowest BCUT2D eigenvalue weighted by Crippen LogP contribution is -2.38. The average molecular weight is 296 g/mol. The Balaban J connectivity index is 2.40. The lowest BCUT2D eigenvalue weighted by molar-refractivity contribution is -0.136. The van der Waals surface area contributed by atoms with Crippen LogP contribution >= 0.6 is 0 Å². The third kappa shape index (κ3) is 5.91. The van der Waals surface area contributed by atoms with Crippen LogP contribution in [0.15, 0.2) is 24.3 Å². The number of benzene rings is 1. The Kier molecular flexibility index (Phi) is 5.84. The summed E-state index contributed by atoms with van der Waals surface area (Å²) in [4.78, 5) is 23.2. The standard InChI is InChI=1S/C15H21FN2O3/c1-15(2,3)12(19)7-8-17-13(20)14(21)18-11-6-4-5-10(16)9-11/h4-6,9,12,19H,7-8H2,1-3H3,(H,17,20)(H,18,21). The second kappa shape index (κ2) is 7.17. The molecule has 2 amide bonds. The summed E-state index contributed by atoms with van der Waals surface area (Å²) in [5.41, 5.74) is -0.0703. The second-order valence-electron chi connectivity index (χ2n) is 5.89. The fourth-order valence-corrected chi connectivity index (χ4v) is 1.59. The molecule has 1 aromatic carbocycles. The zero-order chi connectivity index (χ0) is 16.0. The molecule has 116 valence electrons. The zero-order valence-corrected chi connectivity index (χ0v) is 12.4. The quantitative estimate of drug-likeness (QED) is 0.740. The fourth-order valence-electron chi connectivity index (χ4n) is 1.59. The van der Waals surface area contributed by atoms with Gasteiger partial charge in [-0.1, -0.05) is 26.8 Å². The third-order valence-corrected chi connectivity index (χ3v) is 2.99. The highest BCUT2D eigenvalue weighted by molar-refractivity contribution is 6.39. The molecule has 5 nitrogen and oxygen atoms in total. The largest absolute Gasteiger partial charge is 0.393 e. The normalized spacial score (nSPS) is 12.6. The molecule has 0 fully saturated rings. The topological polar surface area (TPSA) is 78.4 Å². The Labute approximate surface area is 123 Å². The lowest BCUT2D eigenvalue weighted by atomic mass is 9.87. The number of hydrogen-bond donors (Lipinski definition) is 3. The van der Waals surface area contributed by atoms with E-state index < -0.39 is 23.7 Å². The number of anilines is 1. The Bertz CT molecular complexity index is 512. The maximum Gasteiger partial charge on any atom is 0.313 e. The number of halogens is 1. The molecule has 0 bridgehead atoms. The molecule has 0 spiro atoms. The van der Waals surface area contributed by atoms with Crippen molar-refractivity contribution in [3.05, 3.63) is 30.1 Å². The number of nitrogens with one attached hydrogen (secondary N) is 2. The average Bonchev–Trinajstić information content (AvgIpc) is 2.37. The van der Waals surface area contributed by atoms with Crippen LogP contribution in [0.3, 0.4) is 0 Å². The Morgan fingerprint density at radius 3 is 2.52 bits per heavy atom. The number of carbonyl (C=O) groups excluding carboxylic acids is 2. The van der Waals surface area contributed by atoms with Crippen LogP contribution in [0.5, 0.6) is 0 Å². The van der Waals surface area contributed by atoms with Gasteiger partial charge < -0.3 is 15.7 Å². The van der Waals surface area contributed by atoms with E-state index in [9.17, 15) is 19.1 Å². The van der Waals surface area contributed by atoms with Gasteiger partial charge in [0, 0.05) is 12.2 Å². The van der Waals surface area contributed by atoms with Gasteiger partial charge in [-0.15, -0.1) is 0 Å². The minimum atomic E-state index is -0.870. The lowest BCUT2D eigenvalue weighted by Gasteiger charge is -2.25. The first-order chi connectivity index (χ1) is 9.70. The number of rotatable bonds is 4. The van der Waals surface area contributed by atoms with Crippen molar-refractivity contribution in [2.45, 2.75) is 33.3 Å². The van der Waals surface area contributed by atoms with Gasteiger partial charge in [0.1, 0.15) is 5.82 Å². The van der Waals surface area contributed by atoms with E-state index in [1.54, 1.807) is 0 Å². The smallest absolute Gasteiger partial charge is 0.313 e. The molecular weight excluding hydrogens is 275 g/mol. The molecule has 0 aliphatic heterocycles. The molecule has 0 saturated heterocycles. The molecule has 1 aromatic rings. The van der Waals surface area contributed by atoms with Gasteiger partial charge >= 0.3 is 11.8 Å². The van der Waals surface area contributed by atoms with Crippen LogP contribution in [0.2, 0.25) is 0 Å². The van der Waals surface area contributed by atoms with Crippen molar-refractivity contribution in [3.8, 4) is 0 Å². The highest BCUT2D eigenvalue weighted by Crippen LogP contribution is 2.20. The summed E-state index contributed by atoms with van der Waals surface area (Å²) >= 11 is 0. The van der Waals surface area contributed by atoms with E-state index in [1.807, 2.05) is 20.8 Å². The van der Waals surface area contributed by atoms with Gasteiger partial charge in [-0.2, -0.15) is 0 Å². The first kappa shape index (κ1) is 17.1. The van der Waals surface area contributed by atoms with Crippen LogP contribution in [0, 0.1) is 11.2 Å².